The number of nitrogens with one attached hydrogen (secondary N) is 1. The van der Waals surface area contributed by atoms with E-state index in [2.05, 4.69) is 4.84 Å². The molecular weight excluding hydrogens is 146 g/mol. The zero-order chi connectivity index (χ0) is 6.57. The third kappa shape index (κ3) is 11.2. The Morgan fingerprint density at radius 1 is 1.67 bits per heavy atom. The molecule has 0 saturated heterocycles. The predicted octanol–water partition coefficient (Wildman–Crippen LogP) is 1.02. The lowest BCUT2D eigenvalue weighted by atomic mass is 10.5. The van der Waals surface area contributed by atoms with Crippen LogP contribution in [0, 0.1) is 0 Å². The molecule has 0 bridgehead atoms. The van der Waals surface area contributed by atoms with Crippen LogP contribution in [0.2, 0.25) is 0 Å². The maximum Gasteiger partial charge on any atom is 0.428 e. The van der Waals surface area contributed by atoms with Crippen LogP contribution in [0.4, 0.5) is 4.79 Å². The van der Waals surface area contributed by atoms with Crippen LogP contribution in [0.15, 0.2) is 0 Å². The summed E-state index contributed by atoms with van der Waals surface area (Å²) in [6, 6.07) is 0. The molecule has 0 radical (unpaired) electrons. The first-order valence-electron chi connectivity index (χ1n) is 2.27. The van der Waals surface area contributed by atoms with Crippen molar-refractivity contribution in [3.8, 4) is 0 Å². The highest BCUT2D eigenvalue weighted by Crippen LogP contribution is 1.80. The summed E-state index contributed by atoms with van der Waals surface area (Å²) >= 11 is 0. The van der Waals surface area contributed by atoms with Gasteiger partial charge in [0, 0.05) is 0 Å². The summed E-state index contributed by atoms with van der Waals surface area (Å²) in [5.74, 6) is 0. The smallest absolute Gasteiger partial charge is 0.428 e. The van der Waals surface area contributed by atoms with Crippen LogP contribution in [0.3, 0.4) is 0 Å². The Labute approximate surface area is 59.6 Å². The summed E-state index contributed by atoms with van der Waals surface area (Å²) in [5, 5.41) is 7.93. The summed E-state index contributed by atoms with van der Waals surface area (Å²) in [5.41, 5.74) is 1.76. The molecule has 1 amide bonds. The molecule has 0 fully saturated rings. The Bertz CT molecular complexity index is 85.9. The second-order valence-electron chi connectivity index (χ2n) is 1.57. The van der Waals surface area contributed by atoms with E-state index >= 15 is 0 Å². The van der Waals surface area contributed by atoms with Crippen LogP contribution in [-0.2, 0) is 4.84 Å². The molecule has 2 N–H and O–H groups in total. The molecule has 0 saturated carbocycles. The van der Waals surface area contributed by atoms with Crippen LogP contribution in [0.1, 0.15) is 13.8 Å². The first-order chi connectivity index (χ1) is 3.63. The number of rotatable bonds is 2. The van der Waals surface area contributed by atoms with Gasteiger partial charge in [0.05, 0.1) is 6.10 Å². The molecule has 0 aromatic carbocycles. The van der Waals surface area contributed by atoms with Gasteiger partial charge in [-0.15, -0.1) is 12.4 Å². The molecule has 0 aromatic heterocycles. The average molecular weight is 156 g/mol. The maximum absolute atomic E-state index is 9.67. The van der Waals surface area contributed by atoms with E-state index in [9.17, 15) is 4.79 Å². The van der Waals surface area contributed by atoms with Crippen LogP contribution >= 0.6 is 12.4 Å². The van der Waals surface area contributed by atoms with Crippen molar-refractivity contribution in [3.63, 3.8) is 0 Å². The Hall–Kier alpha value is -0.480. The van der Waals surface area contributed by atoms with Gasteiger partial charge in [-0.2, -0.15) is 5.48 Å². The lowest BCUT2D eigenvalue weighted by Crippen LogP contribution is -2.24. The Morgan fingerprint density at radius 3 is 2.22 bits per heavy atom. The van der Waals surface area contributed by atoms with E-state index in [1.54, 1.807) is 19.3 Å². The second-order valence-corrected chi connectivity index (χ2v) is 1.57. The normalized spacial score (nSPS) is 8.33. The number of hydrogen-bond acceptors (Lipinski definition) is 2. The fourth-order valence-corrected chi connectivity index (χ4v) is 0.168. The second kappa shape index (κ2) is 5.65. The summed E-state index contributed by atoms with van der Waals surface area (Å²) in [7, 11) is 0. The van der Waals surface area contributed by atoms with Gasteiger partial charge in [-0.1, -0.05) is 0 Å². The molecule has 4 nitrogen and oxygen atoms in total. The minimum atomic E-state index is -1.17. The van der Waals surface area contributed by atoms with Crippen LogP contribution in [0.25, 0.3) is 0 Å². The lowest BCUT2D eigenvalue weighted by molar-refractivity contribution is 0.00253. The maximum atomic E-state index is 9.67. The van der Waals surface area contributed by atoms with E-state index in [0.717, 1.165) is 0 Å². The molecule has 0 aliphatic carbocycles. The fourth-order valence-electron chi connectivity index (χ4n) is 0.168. The molecule has 0 unspecified atom stereocenters. The van der Waals surface area contributed by atoms with Gasteiger partial charge in [0.1, 0.15) is 0 Å². The third-order valence-corrected chi connectivity index (χ3v) is 0.382. The molecule has 9 heavy (non-hydrogen) atoms. The van der Waals surface area contributed by atoms with E-state index in [-0.39, 0.29) is 18.5 Å². The van der Waals surface area contributed by atoms with Crippen LogP contribution in [0.5, 0.6) is 0 Å². The van der Waals surface area contributed by atoms with E-state index in [0.29, 0.717) is 0 Å². The van der Waals surface area contributed by atoms with Gasteiger partial charge >= 0.3 is 6.09 Å². The van der Waals surface area contributed by atoms with Crippen molar-refractivity contribution in [3.05, 3.63) is 0 Å². The van der Waals surface area contributed by atoms with E-state index in [1.807, 2.05) is 0 Å². The van der Waals surface area contributed by atoms with Crippen molar-refractivity contribution in [1.29, 1.82) is 0 Å². The number of hydroxylamine groups is 1. The van der Waals surface area contributed by atoms with E-state index < -0.39 is 6.09 Å². The molecule has 0 aliphatic heterocycles. The average Bonchev–Trinajstić information content (AvgIpc) is 1.61. The Kier molecular flexibility index (Phi) is 7.12. The van der Waals surface area contributed by atoms with E-state index in [1.165, 1.54) is 0 Å². The van der Waals surface area contributed by atoms with E-state index in [4.69, 9.17) is 5.11 Å². The standard InChI is InChI=1S/C4H9NO3.ClH/c1-3(2)8-5-4(6)7;/h3,5H,1-2H3,(H,6,7);1H. The molecule has 5 heteroatoms. The minimum Gasteiger partial charge on any atom is -0.464 e. The highest BCUT2D eigenvalue weighted by atomic mass is 35.5. The van der Waals surface area contributed by atoms with Crippen molar-refractivity contribution >= 4 is 18.5 Å². The van der Waals surface area contributed by atoms with Crippen molar-refractivity contribution in [1.82, 2.24) is 5.48 Å². The Morgan fingerprint density at radius 2 is 2.11 bits per heavy atom. The topological polar surface area (TPSA) is 58.6 Å². The third-order valence-electron chi connectivity index (χ3n) is 0.382. The number of amides is 1. The van der Waals surface area contributed by atoms with Crippen molar-refractivity contribution in [2.75, 3.05) is 0 Å². The minimum absolute atomic E-state index is 0. The first-order valence-corrected chi connectivity index (χ1v) is 2.27. The van der Waals surface area contributed by atoms with Crippen LogP contribution < -0.4 is 5.48 Å². The van der Waals surface area contributed by atoms with Gasteiger partial charge < -0.3 is 5.11 Å². The van der Waals surface area contributed by atoms with Crippen molar-refractivity contribution < 1.29 is 14.7 Å². The zero-order valence-electron chi connectivity index (χ0n) is 5.25. The number of carboxylic acid groups (broad SMARTS) is 1. The largest absolute Gasteiger partial charge is 0.464 e. The summed E-state index contributed by atoms with van der Waals surface area (Å²) < 4.78 is 0. The zero-order valence-corrected chi connectivity index (χ0v) is 6.07. The monoisotopic (exact) mass is 155 g/mol. The molecule has 0 spiro atoms. The molecule has 56 valence electrons. The summed E-state index contributed by atoms with van der Waals surface area (Å²) in [6.07, 6.45) is -1.27. The van der Waals surface area contributed by atoms with Gasteiger partial charge in [-0.3, -0.25) is 4.84 Å². The molecule has 0 atom stereocenters. The van der Waals surface area contributed by atoms with Gasteiger partial charge in [0.15, 0.2) is 0 Å². The van der Waals surface area contributed by atoms with Crippen molar-refractivity contribution in [2.24, 2.45) is 0 Å². The van der Waals surface area contributed by atoms with Gasteiger partial charge in [-0.25, -0.2) is 4.79 Å². The molecule has 0 aliphatic rings. The van der Waals surface area contributed by atoms with Gasteiger partial charge in [0.2, 0.25) is 0 Å². The van der Waals surface area contributed by atoms with Gasteiger partial charge in [0.25, 0.3) is 0 Å². The highest BCUT2D eigenvalue weighted by molar-refractivity contribution is 5.85. The quantitative estimate of drug-likeness (QED) is 0.586. The molecular formula is C4H10ClNO3. The van der Waals surface area contributed by atoms with Gasteiger partial charge in [-0.05, 0) is 13.8 Å². The molecule has 0 heterocycles. The van der Waals surface area contributed by atoms with Crippen LogP contribution in [-0.4, -0.2) is 17.3 Å². The molecule has 0 rings (SSSR count). The number of carbonyl (C=O) groups is 1. The highest BCUT2D eigenvalue weighted by Gasteiger charge is 1.94. The fraction of sp³-hybridized carbons (Fsp3) is 0.750. The number of halogens is 1. The Balaban J connectivity index is 0. The number of hydrogen-bond donors (Lipinski definition) is 2. The molecule has 0 aromatic rings. The first kappa shape index (κ1) is 11.3. The lowest BCUT2D eigenvalue weighted by Gasteiger charge is -2.03. The summed E-state index contributed by atoms with van der Waals surface area (Å²) in [6.45, 7) is 3.46. The summed E-state index contributed by atoms with van der Waals surface area (Å²) in [4.78, 5) is 14.1. The van der Waals surface area contributed by atoms with Crippen molar-refractivity contribution in [2.45, 2.75) is 20.0 Å². The SMILES string of the molecule is CC(C)ONC(=O)O.Cl. The predicted molar refractivity (Wildman–Crippen MR) is 34.6 cm³/mol.